The second kappa shape index (κ2) is 5.80. The fraction of sp³-hybridized carbons (Fsp3) is 0.133. The van der Waals surface area contributed by atoms with Crippen LogP contribution in [0, 0.1) is 12.7 Å². The molecule has 0 radical (unpaired) electrons. The lowest BCUT2D eigenvalue weighted by molar-refractivity contribution is 0.298. The van der Waals surface area contributed by atoms with Gasteiger partial charge < -0.3 is 10.5 Å². The van der Waals surface area contributed by atoms with E-state index in [0.717, 1.165) is 11.1 Å². The Morgan fingerprint density at radius 1 is 1.26 bits per heavy atom. The van der Waals surface area contributed by atoms with Crippen LogP contribution in [0.1, 0.15) is 16.7 Å². The van der Waals surface area contributed by atoms with Crippen molar-refractivity contribution in [3.63, 3.8) is 0 Å². The first-order chi connectivity index (χ1) is 9.08. The Morgan fingerprint density at radius 2 is 2.00 bits per heavy atom. The highest BCUT2D eigenvalue weighted by atomic mass is 32.1. The van der Waals surface area contributed by atoms with E-state index in [1.54, 1.807) is 24.3 Å². The molecule has 19 heavy (non-hydrogen) atoms. The second-order valence-electron chi connectivity index (χ2n) is 4.22. The Hall–Kier alpha value is -1.94. The second-order valence-corrected chi connectivity index (χ2v) is 4.66. The molecule has 0 spiro atoms. The lowest BCUT2D eigenvalue weighted by Crippen LogP contribution is -2.10. The van der Waals surface area contributed by atoms with E-state index in [9.17, 15) is 4.39 Å². The summed E-state index contributed by atoms with van der Waals surface area (Å²) in [4.78, 5) is 0.316. The molecule has 0 aliphatic heterocycles. The van der Waals surface area contributed by atoms with Crippen molar-refractivity contribution < 1.29 is 9.13 Å². The van der Waals surface area contributed by atoms with Crippen LogP contribution in [0.15, 0.2) is 42.5 Å². The molecular weight excluding hydrogens is 261 g/mol. The molecule has 0 aromatic heterocycles. The Bertz CT molecular complexity index is 613. The van der Waals surface area contributed by atoms with Crippen molar-refractivity contribution in [1.82, 2.24) is 0 Å². The normalized spacial score (nSPS) is 10.2. The SMILES string of the molecule is Cc1ccc(C(N)=S)cc1OCc1ccccc1F. The fourth-order valence-corrected chi connectivity index (χ4v) is 1.81. The number of ether oxygens (including phenoxy) is 1. The van der Waals surface area contributed by atoms with Crippen molar-refractivity contribution in [2.24, 2.45) is 5.73 Å². The molecule has 0 bridgehead atoms. The average Bonchev–Trinajstić information content (AvgIpc) is 2.39. The van der Waals surface area contributed by atoms with Gasteiger partial charge in [0.1, 0.15) is 23.2 Å². The van der Waals surface area contributed by atoms with Crippen molar-refractivity contribution >= 4 is 17.2 Å². The molecule has 98 valence electrons. The first kappa shape index (κ1) is 13.5. The third kappa shape index (κ3) is 3.29. The van der Waals surface area contributed by atoms with E-state index in [-0.39, 0.29) is 12.4 Å². The number of hydrogen-bond donors (Lipinski definition) is 1. The molecule has 2 aromatic rings. The largest absolute Gasteiger partial charge is 0.489 e. The molecule has 0 fully saturated rings. The zero-order valence-electron chi connectivity index (χ0n) is 10.5. The Balaban J connectivity index is 2.17. The van der Waals surface area contributed by atoms with Gasteiger partial charge in [0.25, 0.3) is 0 Å². The maximum absolute atomic E-state index is 13.5. The van der Waals surface area contributed by atoms with Gasteiger partial charge in [-0.3, -0.25) is 0 Å². The summed E-state index contributed by atoms with van der Waals surface area (Å²) < 4.78 is 19.1. The molecule has 0 saturated heterocycles. The Kier molecular flexibility index (Phi) is 4.12. The molecule has 0 amide bonds. The van der Waals surface area contributed by atoms with Crippen molar-refractivity contribution in [3.8, 4) is 5.75 Å². The molecule has 0 atom stereocenters. The van der Waals surface area contributed by atoms with E-state index in [2.05, 4.69) is 0 Å². The van der Waals surface area contributed by atoms with Crippen LogP contribution >= 0.6 is 12.2 Å². The summed E-state index contributed by atoms with van der Waals surface area (Å²) in [5, 5.41) is 0. The summed E-state index contributed by atoms with van der Waals surface area (Å²) in [7, 11) is 0. The number of thiocarbonyl (C=S) groups is 1. The van der Waals surface area contributed by atoms with E-state index < -0.39 is 0 Å². The van der Waals surface area contributed by atoms with Gasteiger partial charge in [0, 0.05) is 11.1 Å². The molecule has 0 unspecified atom stereocenters. The van der Waals surface area contributed by atoms with Crippen LogP contribution in [0.5, 0.6) is 5.75 Å². The smallest absolute Gasteiger partial charge is 0.129 e. The van der Waals surface area contributed by atoms with Gasteiger partial charge in [-0.05, 0) is 24.6 Å². The van der Waals surface area contributed by atoms with Gasteiger partial charge in [0.2, 0.25) is 0 Å². The highest BCUT2D eigenvalue weighted by Crippen LogP contribution is 2.21. The van der Waals surface area contributed by atoms with E-state index in [1.807, 2.05) is 19.1 Å². The highest BCUT2D eigenvalue weighted by molar-refractivity contribution is 7.80. The first-order valence-corrected chi connectivity index (χ1v) is 6.25. The minimum absolute atomic E-state index is 0.175. The molecule has 4 heteroatoms. The summed E-state index contributed by atoms with van der Waals surface area (Å²) in [5.74, 6) is 0.388. The average molecular weight is 275 g/mol. The van der Waals surface area contributed by atoms with E-state index in [4.69, 9.17) is 22.7 Å². The molecular formula is C15H14FNOS. The molecule has 2 nitrogen and oxygen atoms in total. The van der Waals surface area contributed by atoms with Crippen molar-refractivity contribution in [2.45, 2.75) is 13.5 Å². The van der Waals surface area contributed by atoms with Gasteiger partial charge >= 0.3 is 0 Å². The third-order valence-electron chi connectivity index (χ3n) is 2.81. The topological polar surface area (TPSA) is 35.2 Å². The number of hydrogen-bond acceptors (Lipinski definition) is 2. The molecule has 0 heterocycles. The van der Waals surface area contributed by atoms with Gasteiger partial charge in [0.05, 0.1) is 0 Å². The van der Waals surface area contributed by atoms with Crippen molar-refractivity contribution in [2.75, 3.05) is 0 Å². The molecule has 2 rings (SSSR count). The molecule has 2 N–H and O–H groups in total. The highest BCUT2D eigenvalue weighted by Gasteiger charge is 2.06. The number of nitrogens with two attached hydrogens (primary N) is 1. The van der Waals surface area contributed by atoms with Gasteiger partial charge in [-0.15, -0.1) is 0 Å². The van der Waals surface area contributed by atoms with Gasteiger partial charge in [-0.1, -0.05) is 42.5 Å². The van der Waals surface area contributed by atoms with Crippen molar-refractivity contribution in [1.29, 1.82) is 0 Å². The van der Waals surface area contributed by atoms with Gasteiger partial charge in [-0.2, -0.15) is 0 Å². The zero-order valence-corrected chi connectivity index (χ0v) is 11.3. The number of halogens is 1. The zero-order chi connectivity index (χ0) is 13.8. The molecule has 0 aliphatic carbocycles. The Morgan fingerprint density at radius 3 is 2.68 bits per heavy atom. The van der Waals surface area contributed by atoms with Crippen LogP contribution in [-0.4, -0.2) is 4.99 Å². The molecule has 2 aromatic carbocycles. The van der Waals surface area contributed by atoms with Crippen LogP contribution in [0.4, 0.5) is 4.39 Å². The quantitative estimate of drug-likeness (QED) is 0.869. The third-order valence-corrected chi connectivity index (χ3v) is 3.05. The number of aryl methyl sites for hydroxylation is 1. The predicted octanol–water partition coefficient (Wildman–Crippen LogP) is 3.35. The Labute approximate surface area is 117 Å². The summed E-state index contributed by atoms with van der Waals surface area (Å²) in [6.45, 7) is 2.09. The monoisotopic (exact) mass is 275 g/mol. The number of rotatable bonds is 4. The standard InChI is InChI=1S/C15H14FNOS/c1-10-6-7-11(15(17)19)8-14(10)18-9-12-4-2-3-5-13(12)16/h2-8H,9H2,1H3,(H2,17,19). The maximum atomic E-state index is 13.5. The summed E-state index contributed by atoms with van der Waals surface area (Å²) in [5.41, 5.74) is 7.79. The summed E-state index contributed by atoms with van der Waals surface area (Å²) >= 11 is 4.93. The molecule has 0 saturated carbocycles. The first-order valence-electron chi connectivity index (χ1n) is 5.84. The van der Waals surface area contributed by atoms with Crippen molar-refractivity contribution in [3.05, 3.63) is 65.0 Å². The van der Waals surface area contributed by atoms with Crippen LogP contribution < -0.4 is 10.5 Å². The minimum atomic E-state index is -0.273. The minimum Gasteiger partial charge on any atom is -0.489 e. The van der Waals surface area contributed by atoms with E-state index in [1.165, 1.54) is 6.07 Å². The van der Waals surface area contributed by atoms with Crippen LogP contribution in [-0.2, 0) is 6.61 Å². The lowest BCUT2D eigenvalue weighted by atomic mass is 10.1. The number of benzene rings is 2. The maximum Gasteiger partial charge on any atom is 0.129 e. The summed E-state index contributed by atoms with van der Waals surface area (Å²) in [6.07, 6.45) is 0. The van der Waals surface area contributed by atoms with Crippen LogP contribution in [0.25, 0.3) is 0 Å². The van der Waals surface area contributed by atoms with Gasteiger partial charge in [0.15, 0.2) is 0 Å². The van der Waals surface area contributed by atoms with Crippen LogP contribution in [0.2, 0.25) is 0 Å². The molecule has 0 aliphatic rings. The van der Waals surface area contributed by atoms with E-state index in [0.29, 0.717) is 16.3 Å². The van der Waals surface area contributed by atoms with Gasteiger partial charge in [-0.25, -0.2) is 4.39 Å². The summed E-state index contributed by atoms with van der Waals surface area (Å²) in [6, 6.07) is 12.0. The lowest BCUT2D eigenvalue weighted by Gasteiger charge is -2.11. The van der Waals surface area contributed by atoms with Crippen LogP contribution in [0.3, 0.4) is 0 Å². The van der Waals surface area contributed by atoms with E-state index >= 15 is 0 Å². The fourth-order valence-electron chi connectivity index (χ4n) is 1.68. The predicted molar refractivity (Wildman–Crippen MR) is 77.8 cm³/mol.